The van der Waals surface area contributed by atoms with Crippen LogP contribution in [0.4, 0.5) is 14.9 Å². The maximum absolute atomic E-state index is 14.3. The monoisotopic (exact) mass is 337 g/mol. The number of hydrogen-bond donors (Lipinski definition) is 2. The second-order valence-electron chi connectivity index (χ2n) is 6.77. The number of benzene rings is 1. The van der Waals surface area contributed by atoms with Crippen LogP contribution in [-0.2, 0) is 15.0 Å². The van der Waals surface area contributed by atoms with Crippen molar-refractivity contribution in [3.63, 3.8) is 0 Å². The van der Waals surface area contributed by atoms with Gasteiger partial charge in [0.2, 0.25) is 0 Å². The lowest BCUT2D eigenvalue weighted by atomic mass is 9.84. The van der Waals surface area contributed by atoms with Gasteiger partial charge < -0.3 is 15.2 Å². The fourth-order valence-electron chi connectivity index (χ4n) is 2.59. The first-order valence-electron chi connectivity index (χ1n) is 7.93. The molecule has 3 N–H and O–H groups in total. The van der Waals surface area contributed by atoms with Crippen LogP contribution in [0.15, 0.2) is 23.2 Å². The summed E-state index contributed by atoms with van der Waals surface area (Å²) in [5.41, 5.74) is 5.19. The Morgan fingerprint density at radius 3 is 2.83 bits per heavy atom. The highest BCUT2D eigenvalue weighted by Gasteiger charge is 2.37. The number of halogens is 1. The number of nitrogens with zero attached hydrogens (tertiary/aromatic N) is 1. The Balaban J connectivity index is 2.30. The number of nitrogen functional groups attached to an aromatic ring is 1. The number of anilines is 1. The van der Waals surface area contributed by atoms with Crippen LogP contribution in [0.25, 0.3) is 0 Å². The van der Waals surface area contributed by atoms with Crippen molar-refractivity contribution in [3.8, 4) is 0 Å². The van der Waals surface area contributed by atoms with E-state index in [0.29, 0.717) is 30.7 Å². The van der Waals surface area contributed by atoms with Gasteiger partial charge in [-0.25, -0.2) is 19.5 Å². The molecule has 0 saturated carbocycles. The average molecular weight is 337 g/mol. The molecule has 2 rings (SSSR count). The lowest BCUT2D eigenvalue weighted by molar-refractivity contribution is 0.0541. The molecule has 0 spiro atoms. The number of nitrogens with one attached hydrogen (secondary N) is 1. The number of rotatable bonds is 2. The highest BCUT2D eigenvalue weighted by molar-refractivity contribution is 5.91. The zero-order chi connectivity index (χ0) is 18.0. The molecule has 0 unspecified atom stereocenters. The van der Waals surface area contributed by atoms with Gasteiger partial charge in [-0.1, -0.05) is 6.92 Å². The normalized spacial score (nSPS) is 20.8. The number of carbonyl (C=O) groups excluding carboxylic acids is 1. The minimum atomic E-state index is -0.831. The van der Waals surface area contributed by atoms with E-state index in [1.165, 1.54) is 12.1 Å². The molecule has 0 aliphatic carbocycles. The summed E-state index contributed by atoms with van der Waals surface area (Å²) in [5.74, 6) is -0.381. The number of amides is 1. The summed E-state index contributed by atoms with van der Waals surface area (Å²) in [7, 11) is 0. The zero-order valence-corrected chi connectivity index (χ0v) is 14.5. The van der Waals surface area contributed by atoms with Gasteiger partial charge in [-0.2, -0.15) is 0 Å². The van der Waals surface area contributed by atoms with Gasteiger partial charge >= 0.3 is 6.09 Å². The molecule has 1 aromatic carbocycles. The average Bonchev–Trinajstić information content (AvgIpc) is 2.47. The predicted molar refractivity (Wildman–Crippen MR) is 90.2 cm³/mol. The molecule has 0 aromatic heterocycles. The second-order valence-corrected chi connectivity index (χ2v) is 6.77. The van der Waals surface area contributed by atoms with Gasteiger partial charge in [0.05, 0.1) is 12.1 Å². The molecule has 7 heteroatoms. The molecule has 0 saturated heterocycles. The summed E-state index contributed by atoms with van der Waals surface area (Å²) in [6.07, 6.45) is 0.362. The number of carbonyl (C=O) groups is 1. The van der Waals surface area contributed by atoms with Crippen molar-refractivity contribution >= 4 is 17.8 Å². The van der Waals surface area contributed by atoms with E-state index in [9.17, 15) is 9.18 Å². The molecule has 0 radical (unpaired) electrons. The highest BCUT2D eigenvalue weighted by Crippen LogP contribution is 2.38. The summed E-state index contributed by atoms with van der Waals surface area (Å²) in [4.78, 5) is 16.4. The molecule has 1 amide bonds. The van der Waals surface area contributed by atoms with Gasteiger partial charge in [0, 0.05) is 17.7 Å². The lowest BCUT2D eigenvalue weighted by Gasteiger charge is -2.34. The van der Waals surface area contributed by atoms with Crippen molar-refractivity contribution in [2.45, 2.75) is 51.7 Å². The third-order valence-electron chi connectivity index (χ3n) is 3.75. The van der Waals surface area contributed by atoms with Gasteiger partial charge in [0.1, 0.15) is 11.4 Å². The lowest BCUT2D eigenvalue weighted by Crippen LogP contribution is -2.43. The minimum absolute atomic E-state index is 0.0270. The number of ether oxygens (including phenoxy) is 2. The Hall–Kier alpha value is -2.31. The molecule has 0 bridgehead atoms. The largest absolute Gasteiger partial charge is 0.465 e. The van der Waals surface area contributed by atoms with Crippen LogP contribution < -0.4 is 11.1 Å². The van der Waals surface area contributed by atoms with Crippen LogP contribution in [0.1, 0.15) is 46.1 Å². The smallest absolute Gasteiger partial charge is 0.415 e. The van der Waals surface area contributed by atoms with Gasteiger partial charge in [0.15, 0.2) is 0 Å². The topological polar surface area (TPSA) is 85.9 Å². The molecular formula is C17H24FN3O3. The highest BCUT2D eigenvalue weighted by atomic mass is 19.1. The van der Waals surface area contributed by atoms with Crippen molar-refractivity contribution in [1.82, 2.24) is 5.32 Å². The fraction of sp³-hybridized carbons (Fsp3) is 0.529. The van der Waals surface area contributed by atoms with E-state index in [2.05, 4.69) is 10.3 Å². The molecule has 24 heavy (non-hydrogen) atoms. The van der Waals surface area contributed by atoms with Crippen molar-refractivity contribution in [2.75, 3.05) is 12.3 Å². The summed E-state index contributed by atoms with van der Waals surface area (Å²) < 4.78 is 24.9. The maximum atomic E-state index is 14.3. The molecule has 1 heterocycles. The molecule has 6 nitrogen and oxygen atoms in total. The van der Waals surface area contributed by atoms with Crippen LogP contribution in [0, 0.1) is 5.82 Å². The minimum Gasteiger partial charge on any atom is -0.465 e. The number of hydrogen-bond acceptors (Lipinski definition) is 5. The van der Waals surface area contributed by atoms with E-state index in [-0.39, 0.29) is 11.8 Å². The first-order valence-corrected chi connectivity index (χ1v) is 7.93. The van der Waals surface area contributed by atoms with Gasteiger partial charge in [-0.15, -0.1) is 0 Å². The van der Waals surface area contributed by atoms with Crippen LogP contribution in [-0.4, -0.2) is 24.3 Å². The van der Waals surface area contributed by atoms with E-state index >= 15 is 0 Å². The van der Waals surface area contributed by atoms with Crippen molar-refractivity contribution < 1.29 is 18.7 Å². The van der Waals surface area contributed by atoms with Crippen molar-refractivity contribution in [3.05, 3.63) is 29.6 Å². The first kappa shape index (κ1) is 18.0. The molecule has 1 aromatic rings. The quantitative estimate of drug-likeness (QED) is 0.811. The Bertz CT molecular complexity index is 655. The summed E-state index contributed by atoms with van der Waals surface area (Å²) in [6, 6.07) is 4.44. The standard InChI is InChI=1S/C17H24FN3O3/c1-5-17(12-10-11(19)6-7-13(12)18)8-9-23-14(21-17)20-15(22)24-16(2,3)4/h6-7,10H,5,8-9,19H2,1-4H3,(H,20,21,22)/t17-/m0/s1. The number of amidine groups is 1. The molecule has 1 aliphatic rings. The molecule has 132 valence electrons. The van der Waals surface area contributed by atoms with E-state index in [4.69, 9.17) is 15.2 Å². The number of nitrogens with two attached hydrogens (primary N) is 1. The number of alkyl carbamates (subject to hydrolysis) is 1. The summed E-state index contributed by atoms with van der Waals surface area (Å²) >= 11 is 0. The third-order valence-corrected chi connectivity index (χ3v) is 3.75. The molecule has 0 fully saturated rings. The summed E-state index contributed by atoms with van der Waals surface area (Å²) in [5, 5.41) is 2.48. The van der Waals surface area contributed by atoms with E-state index in [1.54, 1.807) is 26.8 Å². The zero-order valence-electron chi connectivity index (χ0n) is 14.5. The second kappa shape index (κ2) is 6.67. The van der Waals surface area contributed by atoms with Crippen molar-refractivity contribution in [1.29, 1.82) is 0 Å². The van der Waals surface area contributed by atoms with Crippen LogP contribution >= 0.6 is 0 Å². The van der Waals surface area contributed by atoms with Crippen molar-refractivity contribution in [2.24, 2.45) is 4.99 Å². The van der Waals surface area contributed by atoms with E-state index < -0.39 is 17.2 Å². The third kappa shape index (κ3) is 4.15. The molecule has 1 aliphatic heterocycles. The SMILES string of the molecule is CC[C@@]1(c2cc(N)ccc2F)CCOC(NC(=O)OC(C)(C)C)=N1. The van der Waals surface area contributed by atoms with E-state index in [1.807, 2.05) is 6.92 Å². The first-order chi connectivity index (χ1) is 11.1. The van der Waals surface area contributed by atoms with Gasteiger partial charge in [-0.05, 0) is 45.4 Å². The molecular weight excluding hydrogens is 313 g/mol. The van der Waals surface area contributed by atoms with Crippen LogP contribution in [0.3, 0.4) is 0 Å². The molecule has 1 atom stereocenters. The van der Waals surface area contributed by atoms with Gasteiger partial charge in [0.25, 0.3) is 6.02 Å². The Morgan fingerprint density at radius 1 is 1.50 bits per heavy atom. The maximum Gasteiger partial charge on any atom is 0.415 e. The Morgan fingerprint density at radius 2 is 2.21 bits per heavy atom. The Kier molecular flexibility index (Phi) is 5.01. The summed E-state index contributed by atoms with van der Waals surface area (Å²) in [6.45, 7) is 7.48. The number of aliphatic imine (C=N–C) groups is 1. The van der Waals surface area contributed by atoms with Gasteiger partial charge in [-0.3, -0.25) is 0 Å². The van der Waals surface area contributed by atoms with E-state index in [0.717, 1.165) is 0 Å². The van der Waals surface area contributed by atoms with Crippen LogP contribution in [0.2, 0.25) is 0 Å². The van der Waals surface area contributed by atoms with Crippen LogP contribution in [0.5, 0.6) is 0 Å². The Labute approximate surface area is 141 Å². The fourth-order valence-corrected chi connectivity index (χ4v) is 2.59. The predicted octanol–water partition coefficient (Wildman–Crippen LogP) is 3.31.